The van der Waals surface area contributed by atoms with Crippen LogP contribution in [0, 0.1) is 0 Å². The predicted molar refractivity (Wildman–Crippen MR) is 49.8 cm³/mol. The number of hydrogen-bond donors (Lipinski definition) is 2. The Bertz CT molecular complexity index is 235. The van der Waals surface area contributed by atoms with Crippen molar-refractivity contribution >= 4 is 15.9 Å². The molecular weight excluding hydrogens is 220 g/mol. The summed E-state index contributed by atoms with van der Waals surface area (Å²) in [6.07, 6.45) is 6.66. The molecule has 0 amide bonds. The fourth-order valence-corrected chi connectivity index (χ4v) is 1.45. The third-order valence-electron chi connectivity index (χ3n) is 1.83. The number of nitrogens with zero attached hydrogens (tertiary/aromatic N) is 1. The van der Waals surface area contributed by atoms with Crippen LogP contribution in [0.2, 0.25) is 0 Å². The molecule has 1 heterocycles. The Kier molecular flexibility index (Phi) is 3.75. The van der Waals surface area contributed by atoms with Crippen LogP contribution in [0.4, 0.5) is 0 Å². The lowest BCUT2D eigenvalue weighted by atomic mass is 10.2. The van der Waals surface area contributed by atoms with Crippen LogP contribution in [0.5, 0.6) is 0 Å². The van der Waals surface area contributed by atoms with E-state index in [1.165, 1.54) is 5.82 Å². The lowest BCUT2D eigenvalue weighted by Gasteiger charge is -1.99. The highest BCUT2D eigenvalue weighted by Gasteiger charge is 2.06. The zero-order valence-corrected chi connectivity index (χ0v) is 8.71. The number of aliphatic hydroxyl groups excluding tert-OH is 1. The van der Waals surface area contributed by atoms with E-state index >= 15 is 0 Å². The number of aryl methyl sites for hydroxylation is 2. The van der Waals surface area contributed by atoms with E-state index in [1.54, 1.807) is 0 Å². The fraction of sp³-hybridized carbons (Fsp3) is 0.625. The Labute approximate surface area is 80.6 Å². The standard InChI is InChI=1S/C8H13BrN2O/c1-11-6-5-10-8(11)4-2-3-7(9)12/h5-7,12H,2-4H2,1H3/p+1. The van der Waals surface area contributed by atoms with E-state index in [0.717, 1.165) is 19.3 Å². The number of alkyl halides is 1. The Morgan fingerprint density at radius 3 is 3.00 bits per heavy atom. The van der Waals surface area contributed by atoms with Gasteiger partial charge < -0.3 is 5.11 Å². The van der Waals surface area contributed by atoms with Gasteiger partial charge in [0.2, 0.25) is 0 Å². The van der Waals surface area contributed by atoms with Gasteiger partial charge in [0.15, 0.2) is 0 Å². The van der Waals surface area contributed by atoms with Crippen LogP contribution in [0.1, 0.15) is 18.7 Å². The van der Waals surface area contributed by atoms with E-state index in [-0.39, 0.29) is 5.01 Å². The van der Waals surface area contributed by atoms with E-state index in [4.69, 9.17) is 5.11 Å². The molecule has 3 nitrogen and oxygen atoms in total. The summed E-state index contributed by atoms with van der Waals surface area (Å²) in [4.78, 5) is 3.15. The molecule has 1 unspecified atom stereocenters. The first-order valence-electron chi connectivity index (χ1n) is 4.04. The second kappa shape index (κ2) is 4.62. The van der Waals surface area contributed by atoms with E-state index in [2.05, 4.69) is 25.5 Å². The zero-order valence-electron chi connectivity index (χ0n) is 7.13. The molecule has 0 saturated carbocycles. The Hall–Kier alpha value is -0.350. The van der Waals surface area contributed by atoms with E-state index in [0.29, 0.717) is 0 Å². The minimum atomic E-state index is -0.363. The summed E-state index contributed by atoms with van der Waals surface area (Å²) in [6.45, 7) is 0. The van der Waals surface area contributed by atoms with Crippen molar-refractivity contribution in [2.45, 2.75) is 24.3 Å². The highest BCUT2D eigenvalue weighted by molar-refractivity contribution is 9.09. The molecule has 0 radical (unpaired) electrons. The summed E-state index contributed by atoms with van der Waals surface area (Å²) in [6, 6.07) is 0. The van der Waals surface area contributed by atoms with Gasteiger partial charge in [-0.2, -0.15) is 0 Å². The number of hydrogen-bond acceptors (Lipinski definition) is 1. The van der Waals surface area contributed by atoms with E-state index in [9.17, 15) is 0 Å². The summed E-state index contributed by atoms with van der Waals surface area (Å²) in [5.74, 6) is 1.20. The molecule has 0 aliphatic rings. The molecule has 0 spiro atoms. The number of aromatic nitrogens is 2. The summed E-state index contributed by atoms with van der Waals surface area (Å²) in [5.41, 5.74) is 0. The maximum atomic E-state index is 8.95. The van der Waals surface area contributed by atoms with Crippen LogP contribution in [0.25, 0.3) is 0 Å². The average molecular weight is 234 g/mol. The third kappa shape index (κ3) is 2.95. The van der Waals surface area contributed by atoms with Crippen LogP contribution in [0.15, 0.2) is 12.4 Å². The second-order valence-electron chi connectivity index (χ2n) is 2.84. The molecule has 1 rings (SSSR count). The molecule has 0 fully saturated rings. The van der Waals surface area contributed by atoms with Gasteiger partial charge in [0.1, 0.15) is 17.4 Å². The minimum Gasteiger partial charge on any atom is -0.382 e. The summed E-state index contributed by atoms with van der Waals surface area (Å²) in [7, 11) is 2.01. The SMILES string of the molecule is C[n+]1cc[nH]c1CCCC(O)Br. The number of rotatable bonds is 4. The third-order valence-corrected chi connectivity index (χ3v) is 2.29. The minimum absolute atomic E-state index is 0.363. The van der Waals surface area contributed by atoms with Crippen molar-refractivity contribution in [3.8, 4) is 0 Å². The fourth-order valence-electron chi connectivity index (χ4n) is 1.12. The molecular formula is C8H14BrN2O+. The summed E-state index contributed by atoms with van der Waals surface area (Å²) in [5, 5.41) is 8.59. The largest absolute Gasteiger partial charge is 0.382 e. The molecule has 1 aromatic heterocycles. The lowest BCUT2D eigenvalue weighted by molar-refractivity contribution is -0.677. The predicted octanol–water partition coefficient (Wildman–Crippen LogP) is 0.875. The smallest absolute Gasteiger partial charge is 0.253 e. The van der Waals surface area contributed by atoms with E-state index in [1.807, 2.05) is 19.4 Å². The van der Waals surface area contributed by atoms with Gasteiger partial charge >= 0.3 is 0 Å². The van der Waals surface area contributed by atoms with Gasteiger partial charge in [0.05, 0.1) is 7.05 Å². The van der Waals surface area contributed by atoms with Gasteiger partial charge in [0.25, 0.3) is 5.82 Å². The maximum Gasteiger partial charge on any atom is 0.253 e. The van der Waals surface area contributed by atoms with Gasteiger partial charge in [-0.15, -0.1) is 0 Å². The normalized spacial score (nSPS) is 13.2. The number of nitrogens with one attached hydrogen (secondary N) is 1. The quantitative estimate of drug-likeness (QED) is 0.589. The number of imidazole rings is 1. The number of aromatic amines is 1. The molecule has 12 heavy (non-hydrogen) atoms. The molecule has 1 atom stereocenters. The average Bonchev–Trinajstić information content (AvgIpc) is 2.36. The van der Waals surface area contributed by atoms with Crippen LogP contribution in [0.3, 0.4) is 0 Å². The van der Waals surface area contributed by atoms with Crippen LogP contribution in [-0.2, 0) is 13.5 Å². The molecule has 0 saturated heterocycles. The van der Waals surface area contributed by atoms with Crippen LogP contribution < -0.4 is 4.57 Å². The van der Waals surface area contributed by atoms with Crippen molar-refractivity contribution in [3.05, 3.63) is 18.2 Å². The first-order chi connectivity index (χ1) is 5.70. The van der Waals surface area contributed by atoms with Crippen molar-refractivity contribution < 1.29 is 9.67 Å². The van der Waals surface area contributed by atoms with Crippen molar-refractivity contribution in [2.24, 2.45) is 7.05 Å². The van der Waals surface area contributed by atoms with Gasteiger partial charge in [-0.05, 0) is 12.8 Å². The summed E-state index contributed by atoms with van der Waals surface area (Å²) >= 11 is 3.10. The van der Waals surface area contributed by atoms with Crippen molar-refractivity contribution in [1.82, 2.24) is 4.98 Å². The molecule has 68 valence electrons. The van der Waals surface area contributed by atoms with Crippen molar-refractivity contribution in [2.75, 3.05) is 0 Å². The maximum absolute atomic E-state index is 8.95. The van der Waals surface area contributed by atoms with Gasteiger partial charge in [-0.1, -0.05) is 15.9 Å². The zero-order chi connectivity index (χ0) is 8.97. The molecule has 2 N–H and O–H groups in total. The number of aliphatic hydroxyl groups is 1. The van der Waals surface area contributed by atoms with Crippen LogP contribution in [-0.4, -0.2) is 15.1 Å². The van der Waals surface area contributed by atoms with Crippen molar-refractivity contribution in [3.63, 3.8) is 0 Å². The van der Waals surface area contributed by atoms with Gasteiger partial charge in [0, 0.05) is 6.42 Å². The highest BCUT2D eigenvalue weighted by Crippen LogP contribution is 2.05. The Morgan fingerprint density at radius 1 is 1.75 bits per heavy atom. The monoisotopic (exact) mass is 233 g/mol. The topological polar surface area (TPSA) is 39.9 Å². The molecule has 0 aliphatic heterocycles. The van der Waals surface area contributed by atoms with Gasteiger partial charge in [-0.3, -0.25) is 0 Å². The van der Waals surface area contributed by atoms with E-state index < -0.39 is 0 Å². The molecule has 1 aromatic rings. The van der Waals surface area contributed by atoms with Crippen LogP contribution >= 0.6 is 15.9 Å². The molecule has 0 bridgehead atoms. The lowest BCUT2D eigenvalue weighted by Crippen LogP contribution is -2.30. The molecule has 0 aromatic carbocycles. The first kappa shape index (κ1) is 9.74. The Balaban J connectivity index is 2.29. The summed E-state index contributed by atoms with van der Waals surface area (Å²) < 4.78 is 2.06. The molecule has 0 aliphatic carbocycles. The molecule has 4 heteroatoms. The first-order valence-corrected chi connectivity index (χ1v) is 4.95. The number of halogens is 1. The highest BCUT2D eigenvalue weighted by atomic mass is 79.9. The second-order valence-corrected chi connectivity index (χ2v) is 3.90. The number of H-pyrrole nitrogens is 1. The van der Waals surface area contributed by atoms with Crippen molar-refractivity contribution in [1.29, 1.82) is 0 Å². The van der Waals surface area contributed by atoms with Gasteiger partial charge in [-0.25, -0.2) is 9.55 Å². The Morgan fingerprint density at radius 2 is 2.50 bits per heavy atom.